The quantitative estimate of drug-likeness (QED) is 0.591. The van der Waals surface area contributed by atoms with Crippen molar-refractivity contribution >= 4 is 0 Å². The van der Waals surface area contributed by atoms with Gasteiger partial charge in [-0.25, -0.2) is 0 Å². The largest absolute Gasteiger partial charge is 0.378 e. The maximum atomic E-state index is 5.42. The lowest BCUT2D eigenvalue weighted by molar-refractivity contribution is -0.139. The average Bonchev–Trinajstić information content (AvgIpc) is 2.10. The lowest BCUT2D eigenvalue weighted by Gasteiger charge is -2.27. The molecule has 4 nitrogen and oxygen atoms in total. The zero-order chi connectivity index (χ0) is 10.2. The van der Waals surface area contributed by atoms with E-state index >= 15 is 0 Å². The molecule has 1 heterocycles. The van der Waals surface area contributed by atoms with Crippen molar-refractivity contribution in [3.8, 4) is 0 Å². The third-order valence-corrected chi connectivity index (χ3v) is 2.16. The van der Waals surface area contributed by atoms with Gasteiger partial charge in [-0.2, -0.15) is 0 Å². The van der Waals surface area contributed by atoms with Crippen LogP contribution in [0.3, 0.4) is 0 Å². The Labute approximate surface area is 85.9 Å². The van der Waals surface area contributed by atoms with Gasteiger partial charge in [0.05, 0.1) is 19.3 Å². The minimum atomic E-state index is -0.0569. The summed E-state index contributed by atoms with van der Waals surface area (Å²) in [6, 6.07) is 0.541. The molecule has 0 aromatic rings. The molecule has 1 fully saturated rings. The molecule has 14 heavy (non-hydrogen) atoms. The molecule has 0 aliphatic carbocycles. The molecule has 84 valence electrons. The summed E-state index contributed by atoms with van der Waals surface area (Å²) in [4.78, 5) is 0. The summed E-state index contributed by atoms with van der Waals surface area (Å²) in [5.41, 5.74) is 0. The molecule has 1 N–H and O–H groups in total. The van der Waals surface area contributed by atoms with E-state index in [-0.39, 0.29) is 6.29 Å². The molecule has 0 spiro atoms. The first-order valence-electron chi connectivity index (χ1n) is 5.41. The lowest BCUT2D eigenvalue weighted by atomic mass is 10.2. The molecule has 0 radical (unpaired) electrons. The lowest BCUT2D eigenvalue weighted by Crippen LogP contribution is -2.46. The molecule has 4 heteroatoms. The maximum absolute atomic E-state index is 5.42. The second kappa shape index (κ2) is 7.17. The molecule has 1 saturated heterocycles. The Morgan fingerprint density at radius 2 is 1.93 bits per heavy atom. The Bertz CT molecular complexity index is 133. The van der Waals surface area contributed by atoms with Crippen molar-refractivity contribution in [2.24, 2.45) is 0 Å². The summed E-state index contributed by atoms with van der Waals surface area (Å²) in [5.74, 6) is 0. The maximum Gasteiger partial charge on any atom is 0.158 e. The zero-order valence-electron chi connectivity index (χ0n) is 9.12. The Morgan fingerprint density at radius 3 is 2.36 bits per heavy atom. The van der Waals surface area contributed by atoms with E-state index in [4.69, 9.17) is 14.2 Å². The van der Waals surface area contributed by atoms with Gasteiger partial charge < -0.3 is 19.5 Å². The zero-order valence-corrected chi connectivity index (χ0v) is 9.12. The third kappa shape index (κ3) is 4.37. The highest BCUT2D eigenvalue weighted by Crippen LogP contribution is 2.03. The van der Waals surface area contributed by atoms with E-state index in [0.29, 0.717) is 19.3 Å². The summed E-state index contributed by atoms with van der Waals surface area (Å²) in [6.07, 6.45) is 0.844. The smallest absolute Gasteiger partial charge is 0.158 e. The normalized spacial score (nSPS) is 17.4. The molecule has 1 rings (SSSR count). The summed E-state index contributed by atoms with van der Waals surface area (Å²) in [6.45, 7) is 7.99. The summed E-state index contributed by atoms with van der Waals surface area (Å²) in [7, 11) is 0. The Hall–Kier alpha value is -0.160. The van der Waals surface area contributed by atoms with Gasteiger partial charge >= 0.3 is 0 Å². The van der Waals surface area contributed by atoms with E-state index < -0.39 is 0 Å². The molecule has 0 amide bonds. The highest BCUT2D eigenvalue weighted by molar-refractivity contribution is 4.72. The van der Waals surface area contributed by atoms with Gasteiger partial charge in [0, 0.05) is 26.2 Å². The van der Waals surface area contributed by atoms with E-state index in [1.54, 1.807) is 0 Å². The number of rotatable bonds is 8. The SMILES string of the molecule is CCOC(CCNC1COC1)OCC. The molecule has 1 aliphatic heterocycles. The van der Waals surface area contributed by atoms with Crippen molar-refractivity contribution in [1.82, 2.24) is 5.32 Å². The van der Waals surface area contributed by atoms with E-state index in [1.807, 2.05) is 13.8 Å². The predicted molar refractivity (Wildman–Crippen MR) is 54.3 cm³/mol. The van der Waals surface area contributed by atoms with Crippen LogP contribution in [0.2, 0.25) is 0 Å². The molecule has 1 aliphatic rings. The second-order valence-electron chi connectivity index (χ2n) is 3.32. The van der Waals surface area contributed by atoms with Crippen LogP contribution in [0.1, 0.15) is 20.3 Å². The highest BCUT2D eigenvalue weighted by Gasteiger charge is 2.17. The second-order valence-corrected chi connectivity index (χ2v) is 3.32. The summed E-state index contributed by atoms with van der Waals surface area (Å²) < 4.78 is 15.9. The summed E-state index contributed by atoms with van der Waals surface area (Å²) in [5, 5.41) is 3.38. The molecular weight excluding hydrogens is 182 g/mol. The first kappa shape index (κ1) is 11.9. The molecular formula is C10H21NO3. The van der Waals surface area contributed by atoms with Crippen molar-refractivity contribution in [2.45, 2.75) is 32.6 Å². The first-order valence-corrected chi connectivity index (χ1v) is 5.41. The van der Waals surface area contributed by atoms with Crippen LogP contribution in [0.15, 0.2) is 0 Å². The van der Waals surface area contributed by atoms with Crippen LogP contribution in [-0.2, 0) is 14.2 Å². The van der Waals surface area contributed by atoms with Crippen molar-refractivity contribution in [2.75, 3.05) is 33.0 Å². The molecule has 0 aromatic carbocycles. The summed E-state index contributed by atoms with van der Waals surface area (Å²) >= 11 is 0. The van der Waals surface area contributed by atoms with Gasteiger partial charge in [-0.15, -0.1) is 0 Å². The molecule has 0 atom stereocenters. The van der Waals surface area contributed by atoms with Crippen molar-refractivity contribution < 1.29 is 14.2 Å². The van der Waals surface area contributed by atoms with Gasteiger partial charge in [-0.1, -0.05) is 0 Å². The minimum Gasteiger partial charge on any atom is -0.378 e. The van der Waals surface area contributed by atoms with E-state index in [9.17, 15) is 0 Å². The fourth-order valence-corrected chi connectivity index (χ4v) is 1.35. The first-order chi connectivity index (χ1) is 6.86. The van der Waals surface area contributed by atoms with Gasteiger partial charge in [0.15, 0.2) is 6.29 Å². The van der Waals surface area contributed by atoms with Crippen LogP contribution >= 0.6 is 0 Å². The van der Waals surface area contributed by atoms with Gasteiger partial charge in [-0.3, -0.25) is 0 Å². The monoisotopic (exact) mass is 203 g/mol. The van der Waals surface area contributed by atoms with Crippen LogP contribution in [0.4, 0.5) is 0 Å². The van der Waals surface area contributed by atoms with E-state index in [1.165, 1.54) is 0 Å². The number of hydrogen-bond acceptors (Lipinski definition) is 4. The Balaban J connectivity index is 1.99. The number of ether oxygens (including phenoxy) is 3. The Morgan fingerprint density at radius 1 is 1.29 bits per heavy atom. The van der Waals surface area contributed by atoms with Crippen LogP contribution in [-0.4, -0.2) is 45.3 Å². The number of nitrogens with one attached hydrogen (secondary N) is 1. The fourth-order valence-electron chi connectivity index (χ4n) is 1.35. The van der Waals surface area contributed by atoms with E-state index in [0.717, 1.165) is 26.2 Å². The van der Waals surface area contributed by atoms with Crippen LogP contribution in [0.5, 0.6) is 0 Å². The van der Waals surface area contributed by atoms with Gasteiger partial charge in [0.2, 0.25) is 0 Å². The molecule has 0 bridgehead atoms. The number of hydrogen-bond donors (Lipinski definition) is 1. The van der Waals surface area contributed by atoms with Crippen molar-refractivity contribution in [1.29, 1.82) is 0 Å². The van der Waals surface area contributed by atoms with Crippen LogP contribution in [0, 0.1) is 0 Å². The van der Waals surface area contributed by atoms with Crippen molar-refractivity contribution in [3.63, 3.8) is 0 Å². The predicted octanol–water partition coefficient (Wildman–Crippen LogP) is 0.764. The Kier molecular flexibility index (Phi) is 6.10. The van der Waals surface area contributed by atoms with Crippen LogP contribution < -0.4 is 5.32 Å². The van der Waals surface area contributed by atoms with Gasteiger partial charge in [0.1, 0.15) is 0 Å². The third-order valence-electron chi connectivity index (χ3n) is 2.16. The van der Waals surface area contributed by atoms with Crippen LogP contribution in [0.25, 0.3) is 0 Å². The molecule has 0 aromatic heterocycles. The standard InChI is InChI=1S/C10H21NO3/c1-3-13-10(14-4-2)5-6-11-9-7-12-8-9/h9-11H,3-8H2,1-2H3. The minimum absolute atomic E-state index is 0.0569. The van der Waals surface area contributed by atoms with Crippen molar-refractivity contribution in [3.05, 3.63) is 0 Å². The fraction of sp³-hybridized carbons (Fsp3) is 1.00. The average molecular weight is 203 g/mol. The molecule has 0 unspecified atom stereocenters. The topological polar surface area (TPSA) is 39.7 Å². The van der Waals surface area contributed by atoms with Gasteiger partial charge in [0.25, 0.3) is 0 Å². The molecule has 0 saturated carbocycles. The van der Waals surface area contributed by atoms with E-state index in [2.05, 4.69) is 5.32 Å². The van der Waals surface area contributed by atoms with Gasteiger partial charge in [-0.05, 0) is 13.8 Å². The highest BCUT2D eigenvalue weighted by atomic mass is 16.7.